The van der Waals surface area contributed by atoms with E-state index in [1.54, 1.807) is 13.8 Å². The number of carboxylic acids is 1. The molecule has 2 N–H and O–H groups in total. The van der Waals surface area contributed by atoms with Gasteiger partial charge < -0.3 is 10.4 Å². The average molecular weight is 394 g/mol. The fraction of sp³-hybridized carbons (Fsp3) is 0.737. The monoisotopic (exact) mass is 394 g/mol. The second-order valence-electron chi connectivity index (χ2n) is 7.69. The summed E-state index contributed by atoms with van der Waals surface area (Å²) in [7, 11) is 0. The van der Waals surface area contributed by atoms with E-state index in [0.29, 0.717) is 23.7 Å². The van der Waals surface area contributed by atoms with Crippen molar-refractivity contribution in [3.05, 3.63) is 21.5 Å². The van der Waals surface area contributed by atoms with Crippen LogP contribution in [0.5, 0.6) is 0 Å². The van der Waals surface area contributed by atoms with Gasteiger partial charge in [0, 0.05) is 18.9 Å². The quantitative estimate of drug-likeness (QED) is 0.463. The number of nitro groups is 1. The predicted octanol–water partition coefficient (Wildman–Crippen LogP) is 3.12. The molecule has 1 aromatic heterocycles. The number of rotatable bonds is 10. The van der Waals surface area contributed by atoms with Gasteiger partial charge in [0.1, 0.15) is 11.4 Å². The summed E-state index contributed by atoms with van der Waals surface area (Å²) in [6.45, 7) is 3.45. The van der Waals surface area contributed by atoms with Crippen LogP contribution in [0.25, 0.3) is 0 Å². The molecule has 1 amide bonds. The molecular formula is C19H30N4O5. The zero-order valence-electron chi connectivity index (χ0n) is 16.6. The smallest absolute Gasteiger partial charge is 0.312 e. The minimum absolute atomic E-state index is 0.0166. The Morgan fingerprint density at radius 2 is 1.96 bits per heavy atom. The van der Waals surface area contributed by atoms with Crippen LogP contribution >= 0.6 is 0 Å². The van der Waals surface area contributed by atoms with E-state index < -0.39 is 10.9 Å². The highest BCUT2D eigenvalue weighted by Crippen LogP contribution is 2.28. The minimum Gasteiger partial charge on any atom is -0.481 e. The van der Waals surface area contributed by atoms with Crippen LogP contribution in [0.2, 0.25) is 0 Å². The number of carboxylic acid groups (broad SMARTS) is 1. The van der Waals surface area contributed by atoms with Gasteiger partial charge in [-0.3, -0.25) is 24.4 Å². The van der Waals surface area contributed by atoms with Gasteiger partial charge in [0.25, 0.3) is 0 Å². The number of hydrogen-bond donors (Lipinski definition) is 2. The number of hydrogen-bond acceptors (Lipinski definition) is 5. The fourth-order valence-electron chi connectivity index (χ4n) is 4.05. The summed E-state index contributed by atoms with van der Waals surface area (Å²) in [6, 6.07) is -0.151. The third-order valence-electron chi connectivity index (χ3n) is 5.49. The second kappa shape index (κ2) is 10.2. The van der Waals surface area contributed by atoms with Crippen molar-refractivity contribution in [1.29, 1.82) is 0 Å². The molecule has 1 heterocycles. The Bertz CT molecular complexity index is 709. The molecule has 9 nitrogen and oxygen atoms in total. The van der Waals surface area contributed by atoms with E-state index in [9.17, 15) is 19.7 Å². The number of aryl methyl sites for hydroxylation is 2. The molecule has 2 rings (SSSR count). The zero-order valence-corrected chi connectivity index (χ0v) is 16.6. The van der Waals surface area contributed by atoms with Crippen molar-refractivity contribution in [2.24, 2.45) is 5.92 Å². The molecule has 0 aliphatic heterocycles. The molecule has 1 saturated carbocycles. The summed E-state index contributed by atoms with van der Waals surface area (Å²) in [5.41, 5.74) is 0.747. The van der Waals surface area contributed by atoms with Gasteiger partial charge in [-0.15, -0.1) is 0 Å². The van der Waals surface area contributed by atoms with Crippen molar-refractivity contribution in [3.63, 3.8) is 0 Å². The van der Waals surface area contributed by atoms with Crippen LogP contribution in [-0.2, 0) is 16.1 Å². The molecule has 1 aliphatic carbocycles. The van der Waals surface area contributed by atoms with E-state index in [1.807, 2.05) is 0 Å². The third kappa shape index (κ3) is 6.31. The maximum atomic E-state index is 12.4. The molecule has 1 atom stereocenters. The largest absolute Gasteiger partial charge is 0.481 e. The van der Waals surface area contributed by atoms with Gasteiger partial charge in [-0.05, 0) is 32.6 Å². The van der Waals surface area contributed by atoms with Crippen LogP contribution < -0.4 is 5.32 Å². The first-order valence-electron chi connectivity index (χ1n) is 9.97. The maximum Gasteiger partial charge on any atom is 0.312 e. The lowest BCUT2D eigenvalue weighted by Gasteiger charge is -2.27. The first-order valence-corrected chi connectivity index (χ1v) is 9.97. The van der Waals surface area contributed by atoms with Crippen LogP contribution in [0, 0.1) is 29.9 Å². The fourth-order valence-corrected chi connectivity index (χ4v) is 4.05. The Hall–Kier alpha value is -2.45. The third-order valence-corrected chi connectivity index (χ3v) is 5.49. The Balaban J connectivity index is 1.91. The van der Waals surface area contributed by atoms with Crippen molar-refractivity contribution >= 4 is 17.6 Å². The minimum atomic E-state index is -0.863. The molecule has 1 unspecified atom stereocenters. The van der Waals surface area contributed by atoms with E-state index in [1.165, 1.54) is 23.9 Å². The standard InChI is InChI=1S/C19H30N4O5/c1-13-19(23(27)28)14(2)22(21-13)11-10-17(24)20-16(8-9-18(25)26)12-15-6-4-3-5-7-15/h15-16H,3-12H2,1-2H3,(H,20,24)(H,25,26). The van der Waals surface area contributed by atoms with Crippen molar-refractivity contribution in [3.8, 4) is 0 Å². The normalized spacial score (nSPS) is 15.9. The topological polar surface area (TPSA) is 127 Å². The number of carbonyl (C=O) groups excluding carboxylic acids is 1. The SMILES string of the molecule is Cc1nn(CCC(=O)NC(CCC(=O)O)CC2CCCCC2)c(C)c1[N+](=O)[O-]. The van der Waals surface area contributed by atoms with Crippen LogP contribution in [0.3, 0.4) is 0 Å². The number of aromatic nitrogens is 2. The van der Waals surface area contributed by atoms with Crippen LogP contribution in [0.4, 0.5) is 5.69 Å². The maximum absolute atomic E-state index is 12.4. The number of amides is 1. The first-order chi connectivity index (χ1) is 13.3. The summed E-state index contributed by atoms with van der Waals surface area (Å²) in [4.78, 5) is 34.0. The number of nitrogens with one attached hydrogen (secondary N) is 1. The number of nitrogens with zero attached hydrogens (tertiary/aromatic N) is 3. The van der Waals surface area contributed by atoms with Gasteiger partial charge in [-0.1, -0.05) is 32.1 Å². The van der Waals surface area contributed by atoms with Gasteiger partial charge in [0.05, 0.1) is 11.5 Å². The van der Waals surface area contributed by atoms with E-state index in [-0.39, 0.29) is 37.0 Å². The van der Waals surface area contributed by atoms with Crippen molar-refractivity contribution in [2.45, 2.75) is 84.2 Å². The molecule has 1 aromatic rings. The van der Waals surface area contributed by atoms with Crippen LogP contribution in [0.15, 0.2) is 0 Å². The molecule has 0 bridgehead atoms. The molecule has 28 heavy (non-hydrogen) atoms. The van der Waals surface area contributed by atoms with Crippen molar-refractivity contribution < 1.29 is 19.6 Å². The molecule has 9 heteroatoms. The summed E-state index contributed by atoms with van der Waals surface area (Å²) in [5, 5.41) is 27.2. The lowest BCUT2D eigenvalue weighted by atomic mass is 9.84. The van der Waals surface area contributed by atoms with Crippen LogP contribution in [-0.4, -0.2) is 37.7 Å². The summed E-state index contributed by atoms with van der Waals surface area (Å²) < 4.78 is 1.49. The van der Waals surface area contributed by atoms with E-state index >= 15 is 0 Å². The Kier molecular flexibility index (Phi) is 7.95. The van der Waals surface area contributed by atoms with Gasteiger partial charge >= 0.3 is 11.7 Å². The summed E-state index contributed by atoms with van der Waals surface area (Å²) >= 11 is 0. The Labute approximate surface area is 164 Å². The Morgan fingerprint density at radius 1 is 1.29 bits per heavy atom. The van der Waals surface area contributed by atoms with Crippen molar-refractivity contribution in [2.75, 3.05) is 0 Å². The molecule has 0 saturated heterocycles. The van der Waals surface area contributed by atoms with Gasteiger partial charge in [-0.25, -0.2) is 0 Å². The molecule has 0 spiro atoms. The zero-order chi connectivity index (χ0) is 20.7. The summed E-state index contributed by atoms with van der Waals surface area (Å²) in [5.74, 6) is -0.509. The molecule has 0 aromatic carbocycles. The molecule has 156 valence electrons. The molecule has 0 radical (unpaired) electrons. The molecular weight excluding hydrogens is 364 g/mol. The van der Waals surface area contributed by atoms with E-state index in [0.717, 1.165) is 19.3 Å². The lowest BCUT2D eigenvalue weighted by molar-refractivity contribution is -0.386. The molecule has 1 fully saturated rings. The number of aliphatic carboxylic acids is 1. The van der Waals surface area contributed by atoms with E-state index in [4.69, 9.17) is 5.11 Å². The van der Waals surface area contributed by atoms with E-state index in [2.05, 4.69) is 10.4 Å². The van der Waals surface area contributed by atoms with Gasteiger partial charge in [-0.2, -0.15) is 5.10 Å². The number of carbonyl (C=O) groups is 2. The highest BCUT2D eigenvalue weighted by atomic mass is 16.6. The average Bonchev–Trinajstić information content (AvgIpc) is 2.92. The second-order valence-corrected chi connectivity index (χ2v) is 7.69. The molecule has 1 aliphatic rings. The van der Waals surface area contributed by atoms with Gasteiger partial charge in [0.2, 0.25) is 5.91 Å². The Morgan fingerprint density at radius 3 is 2.54 bits per heavy atom. The van der Waals surface area contributed by atoms with Crippen molar-refractivity contribution in [1.82, 2.24) is 15.1 Å². The first kappa shape index (κ1) is 21.8. The lowest BCUT2D eigenvalue weighted by Crippen LogP contribution is -2.37. The van der Waals surface area contributed by atoms with Gasteiger partial charge in [0.15, 0.2) is 0 Å². The van der Waals surface area contributed by atoms with Crippen LogP contribution in [0.1, 0.15) is 69.2 Å². The predicted molar refractivity (Wildman–Crippen MR) is 103 cm³/mol. The summed E-state index contributed by atoms with van der Waals surface area (Å²) in [6.07, 6.45) is 7.31. The highest BCUT2D eigenvalue weighted by molar-refractivity contribution is 5.76. The highest BCUT2D eigenvalue weighted by Gasteiger charge is 2.23.